The molecule has 0 bridgehead atoms. The fraction of sp³-hybridized carbons (Fsp3) is 0.263. The molecule has 1 aromatic heterocycles. The van der Waals surface area contributed by atoms with Gasteiger partial charge in [0, 0.05) is 11.6 Å². The van der Waals surface area contributed by atoms with Gasteiger partial charge in [0.15, 0.2) is 16.3 Å². The highest BCUT2D eigenvalue weighted by atomic mass is 35.5. The minimum atomic E-state index is -0.372. The third-order valence-electron chi connectivity index (χ3n) is 3.92. The lowest BCUT2D eigenvalue weighted by molar-refractivity contribution is 0.0994. The number of hydrogen-bond donors (Lipinski definition) is 0. The van der Waals surface area contributed by atoms with E-state index in [4.69, 9.17) is 21.1 Å². The predicted octanol–water partition coefficient (Wildman–Crippen LogP) is 4.52. The average molecular weight is 391 g/mol. The summed E-state index contributed by atoms with van der Waals surface area (Å²) in [6.45, 7) is 2.85. The highest BCUT2D eigenvalue weighted by Gasteiger charge is 2.16. The zero-order valence-corrected chi connectivity index (χ0v) is 16.4. The molecule has 7 heteroatoms. The number of ether oxygens (including phenoxy) is 2. The van der Waals surface area contributed by atoms with Crippen molar-refractivity contribution in [3.05, 3.63) is 51.8 Å². The zero-order chi connectivity index (χ0) is 18.7. The Morgan fingerprint density at radius 1 is 1.23 bits per heavy atom. The predicted molar refractivity (Wildman–Crippen MR) is 105 cm³/mol. The highest BCUT2D eigenvalue weighted by molar-refractivity contribution is 7.16. The Hall–Kier alpha value is -2.31. The largest absolute Gasteiger partial charge is 0.493 e. The molecule has 2 aromatic carbocycles. The van der Waals surface area contributed by atoms with Gasteiger partial charge in [0.1, 0.15) is 0 Å². The molecule has 0 atom stereocenters. The number of hydrogen-bond acceptors (Lipinski definition) is 4. The zero-order valence-electron chi connectivity index (χ0n) is 14.8. The molecule has 0 aliphatic heterocycles. The Morgan fingerprint density at radius 2 is 2.04 bits per heavy atom. The van der Waals surface area contributed by atoms with Crippen molar-refractivity contribution in [3.8, 4) is 11.5 Å². The second-order valence-corrected chi connectivity index (χ2v) is 7.05. The molecular formula is C19H19ClN2O3S. The Balaban J connectivity index is 2.16. The lowest BCUT2D eigenvalue weighted by Gasteiger charge is -2.10. The summed E-state index contributed by atoms with van der Waals surface area (Å²) in [6, 6.07) is 10.9. The summed E-state index contributed by atoms with van der Waals surface area (Å²) >= 11 is 7.54. The Bertz CT molecular complexity index is 1020. The van der Waals surface area contributed by atoms with E-state index in [0.717, 1.165) is 23.2 Å². The van der Waals surface area contributed by atoms with Crippen molar-refractivity contribution >= 4 is 39.1 Å². The lowest BCUT2D eigenvalue weighted by Crippen LogP contribution is -2.17. The molecule has 136 valence electrons. The van der Waals surface area contributed by atoms with Gasteiger partial charge in [-0.15, -0.1) is 0 Å². The van der Waals surface area contributed by atoms with Gasteiger partial charge in [-0.2, -0.15) is 4.99 Å². The van der Waals surface area contributed by atoms with Crippen molar-refractivity contribution in [2.75, 3.05) is 14.2 Å². The number of nitrogens with zero attached hydrogens (tertiary/aromatic N) is 2. The molecule has 1 heterocycles. The maximum atomic E-state index is 12.8. The monoisotopic (exact) mass is 390 g/mol. The number of benzene rings is 2. The molecule has 0 saturated carbocycles. The van der Waals surface area contributed by atoms with Crippen LogP contribution in [0.4, 0.5) is 0 Å². The summed E-state index contributed by atoms with van der Waals surface area (Å²) in [4.78, 5) is 17.8. The molecule has 0 saturated heterocycles. The van der Waals surface area contributed by atoms with Gasteiger partial charge in [-0.3, -0.25) is 4.79 Å². The van der Waals surface area contributed by atoms with Crippen molar-refractivity contribution in [3.63, 3.8) is 0 Å². The fourth-order valence-corrected chi connectivity index (χ4v) is 4.11. The Morgan fingerprint density at radius 3 is 2.73 bits per heavy atom. The van der Waals surface area contributed by atoms with Crippen molar-refractivity contribution < 1.29 is 14.3 Å². The first-order chi connectivity index (χ1) is 12.6. The lowest BCUT2D eigenvalue weighted by atomic mass is 10.2. The van der Waals surface area contributed by atoms with Crippen LogP contribution < -0.4 is 14.3 Å². The highest BCUT2D eigenvalue weighted by Crippen LogP contribution is 2.31. The molecule has 0 N–H and O–H groups in total. The SMILES string of the molecule is CCCn1c(=NC(=O)c2cccc(OC)c2OC)sc2cc(Cl)ccc21. The van der Waals surface area contributed by atoms with Crippen LogP contribution in [0, 0.1) is 0 Å². The van der Waals surface area contributed by atoms with Crippen LogP contribution in [0.1, 0.15) is 23.7 Å². The molecule has 0 aliphatic carbocycles. The molecule has 1 amide bonds. The van der Waals surface area contributed by atoms with E-state index in [0.29, 0.717) is 26.9 Å². The number of carbonyl (C=O) groups is 1. The van der Waals surface area contributed by atoms with Crippen LogP contribution in [-0.2, 0) is 6.54 Å². The smallest absolute Gasteiger partial charge is 0.283 e. The van der Waals surface area contributed by atoms with E-state index in [2.05, 4.69) is 11.9 Å². The number of aromatic nitrogens is 1. The van der Waals surface area contributed by atoms with Crippen molar-refractivity contribution in [1.29, 1.82) is 0 Å². The number of fused-ring (bicyclic) bond motifs is 1. The minimum absolute atomic E-state index is 0.366. The Kier molecular flexibility index (Phi) is 5.64. The number of rotatable bonds is 5. The first kappa shape index (κ1) is 18.5. The summed E-state index contributed by atoms with van der Waals surface area (Å²) in [6.07, 6.45) is 0.929. The van der Waals surface area contributed by atoms with Crippen molar-refractivity contribution in [2.45, 2.75) is 19.9 Å². The van der Waals surface area contributed by atoms with Crippen LogP contribution in [0.3, 0.4) is 0 Å². The second kappa shape index (κ2) is 7.93. The first-order valence-corrected chi connectivity index (χ1v) is 9.37. The van der Waals surface area contributed by atoms with Crippen LogP contribution in [0.25, 0.3) is 10.2 Å². The standard InChI is InChI=1S/C19H19ClN2O3S/c1-4-10-22-14-9-8-12(20)11-16(14)26-19(22)21-18(23)13-6-5-7-15(24-2)17(13)25-3/h5-9,11H,4,10H2,1-3H3. The van der Waals surface area contributed by atoms with E-state index >= 15 is 0 Å². The van der Waals surface area contributed by atoms with Gasteiger partial charge in [0.25, 0.3) is 5.91 Å². The fourth-order valence-electron chi connectivity index (χ4n) is 2.77. The summed E-state index contributed by atoms with van der Waals surface area (Å²) in [5.74, 6) is 0.510. The maximum absolute atomic E-state index is 12.8. The second-order valence-electron chi connectivity index (χ2n) is 5.61. The van der Waals surface area contributed by atoms with E-state index in [-0.39, 0.29) is 5.91 Å². The van der Waals surface area contributed by atoms with Crippen LogP contribution >= 0.6 is 22.9 Å². The molecule has 0 spiro atoms. The number of thiazole rings is 1. The van der Waals surface area contributed by atoms with E-state index in [9.17, 15) is 4.79 Å². The molecule has 0 fully saturated rings. The third kappa shape index (κ3) is 3.48. The average Bonchev–Trinajstić information content (AvgIpc) is 2.97. The normalized spacial score (nSPS) is 11.8. The quantitative estimate of drug-likeness (QED) is 0.643. The number of para-hydroxylation sites is 1. The van der Waals surface area contributed by atoms with E-state index in [1.54, 1.807) is 18.2 Å². The maximum Gasteiger partial charge on any atom is 0.283 e. The van der Waals surface area contributed by atoms with Gasteiger partial charge in [-0.25, -0.2) is 0 Å². The van der Waals surface area contributed by atoms with Crippen LogP contribution in [0.5, 0.6) is 11.5 Å². The summed E-state index contributed by atoms with van der Waals surface area (Å²) in [7, 11) is 3.04. The first-order valence-electron chi connectivity index (χ1n) is 8.18. The van der Waals surface area contributed by atoms with E-state index in [1.165, 1.54) is 25.6 Å². The van der Waals surface area contributed by atoms with Gasteiger partial charge in [-0.1, -0.05) is 35.9 Å². The summed E-state index contributed by atoms with van der Waals surface area (Å²) in [5.41, 5.74) is 1.38. The van der Waals surface area contributed by atoms with Crippen LogP contribution in [0.2, 0.25) is 5.02 Å². The third-order valence-corrected chi connectivity index (χ3v) is 5.20. The number of carbonyl (C=O) groups excluding carboxylic acids is 1. The molecule has 5 nitrogen and oxygen atoms in total. The van der Waals surface area contributed by atoms with Crippen molar-refractivity contribution in [1.82, 2.24) is 4.57 Å². The van der Waals surface area contributed by atoms with Gasteiger partial charge in [0.2, 0.25) is 0 Å². The number of amides is 1. The molecular weight excluding hydrogens is 372 g/mol. The number of methoxy groups -OCH3 is 2. The van der Waals surface area contributed by atoms with E-state index in [1.807, 2.05) is 22.8 Å². The molecule has 3 rings (SSSR count). The molecule has 0 unspecified atom stereocenters. The minimum Gasteiger partial charge on any atom is -0.493 e. The molecule has 26 heavy (non-hydrogen) atoms. The van der Waals surface area contributed by atoms with Crippen LogP contribution in [0.15, 0.2) is 41.4 Å². The van der Waals surface area contributed by atoms with Gasteiger partial charge in [0.05, 0.1) is 30.0 Å². The van der Waals surface area contributed by atoms with Gasteiger partial charge in [-0.05, 0) is 36.8 Å². The van der Waals surface area contributed by atoms with E-state index < -0.39 is 0 Å². The number of halogens is 1. The van der Waals surface area contributed by atoms with Crippen molar-refractivity contribution in [2.24, 2.45) is 4.99 Å². The Labute approximate surface area is 160 Å². The summed E-state index contributed by atoms with van der Waals surface area (Å²) in [5, 5.41) is 0.662. The summed E-state index contributed by atoms with van der Waals surface area (Å²) < 4.78 is 13.7. The van der Waals surface area contributed by atoms with Crippen LogP contribution in [-0.4, -0.2) is 24.7 Å². The topological polar surface area (TPSA) is 52.8 Å². The molecule has 0 aliphatic rings. The molecule has 0 radical (unpaired) electrons. The molecule has 3 aromatic rings. The van der Waals surface area contributed by atoms with Gasteiger partial charge < -0.3 is 14.0 Å². The van der Waals surface area contributed by atoms with Gasteiger partial charge >= 0.3 is 0 Å². The number of aryl methyl sites for hydroxylation is 1.